The molecule has 0 atom stereocenters. The summed E-state index contributed by atoms with van der Waals surface area (Å²) in [7, 11) is 6.61. The van der Waals surface area contributed by atoms with Gasteiger partial charge < -0.3 is 31.5 Å². The average molecular weight is 440 g/mol. The highest BCUT2D eigenvalue weighted by molar-refractivity contribution is 6.60. The highest BCUT2D eigenvalue weighted by atomic mass is 28.4. The number of hydrogen-bond donors (Lipinski definition) is 0. The van der Waals surface area contributed by atoms with Crippen LogP contribution in [0.1, 0.15) is 39.0 Å². The summed E-state index contributed by atoms with van der Waals surface area (Å²) in [4.78, 5) is 13.3. The molecule has 0 rings (SSSR count). The van der Waals surface area contributed by atoms with E-state index in [1.807, 2.05) is 7.05 Å². The lowest BCUT2D eigenvalue weighted by atomic mass is 9.94. The number of nitrogens with zero attached hydrogens (tertiary/aromatic N) is 1. The van der Waals surface area contributed by atoms with Gasteiger partial charge in [0.1, 0.15) is 0 Å². The van der Waals surface area contributed by atoms with Crippen molar-refractivity contribution < 1.29 is 31.4 Å². The molecule has 0 aliphatic carbocycles. The predicted octanol–water partition coefficient (Wildman–Crippen LogP) is 2.79. The topological polar surface area (TPSA) is 75.7 Å². The van der Waals surface area contributed by atoms with Crippen LogP contribution < -0.4 is 0 Å². The van der Waals surface area contributed by atoms with E-state index in [0.29, 0.717) is 5.92 Å². The molecule has 28 heavy (non-hydrogen) atoms. The van der Waals surface area contributed by atoms with Gasteiger partial charge in [0.25, 0.3) is 0 Å². The zero-order chi connectivity index (χ0) is 21.6. The zero-order valence-corrected chi connectivity index (χ0v) is 21.0. The van der Waals surface area contributed by atoms with Crippen molar-refractivity contribution in [2.75, 3.05) is 56.3 Å². The van der Waals surface area contributed by atoms with Gasteiger partial charge in [-0.25, -0.2) is 0 Å². The van der Waals surface area contributed by atoms with E-state index in [-0.39, 0.29) is 5.91 Å². The molecule has 1 amide bonds. The summed E-state index contributed by atoms with van der Waals surface area (Å²) in [6.07, 6.45) is 4.92. The first-order chi connectivity index (χ1) is 13.3. The second-order valence-electron chi connectivity index (χ2n) is 6.97. The molecule has 0 aliphatic rings. The van der Waals surface area contributed by atoms with Crippen LogP contribution >= 0.6 is 0 Å². The van der Waals surface area contributed by atoms with Crippen LogP contribution in [0.2, 0.25) is 12.1 Å². The van der Waals surface area contributed by atoms with E-state index in [9.17, 15) is 4.79 Å². The number of carbonyl (C=O) groups is 1. The molecule has 0 bridgehead atoms. The largest absolute Gasteiger partial charge is 0.500 e. The number of carbonyl (C=O) groups excluding carboxylic acids is 1. The highest BCUT2D eigenvalue weighted by Gasteiger charge is 2.38. The smallest absolute Gasteiger partial charge is 0.377 e. The molecule has 0 aromatic carbocycles. The Kier molecular flexibility index (Phi) is 14.4. The summed E-state index contributed by atoms with van der Waals surface area (Å²) >= 11 is 0. The van der Waals surface area contributed by atoms with Gasteiger partial charge in [0.15, 0.2) is 0 Å². The fourth-order valence-corrected chi connectivity index (χ4v) is 6.79. The van der Waals surface area contributed by atoms with Gasteiger partial charge in [0.05, 0.1) is 0 Å². The third-order valence-corrected chi connectivity index (χ3v) is 11.1. The van der Waals surface area contributed by atoms with E-state index >= 15 is 0 Å². The first-order valence-electron chi connectivity index (χ1n) is 9.80. The van der Waals surface area contributed by atoms with Crippen molar-refractivity contribution in [3.8, 4) is 0 Å². The van der Waals surface area contributed by atoms with E-state index in [1.54, 1.807) is 54.5 Å². The van der Waals surface area contributed by atoms with E-state index in [4.69, 9.17) is 26.6 Å². The fourth-order valence-electron chi connectivity index (χ4n) is 3.29. The molecule has 0 saturated carbocycles. The Hall–Kier alpha value is -0.336. The van der Waals surface area contributed by atoms with Gasteiger partial charge in [-0.2, -0.15) is 0 Å². The second kappa shape index (κ2) is 14.6. The van der Waals surface area contributed by atoms with Crippen molar-refractivity contribution >= 4 is 23.5 Å². The van der Waals surface area contributed by atoms with Gasteiger partial charge in [0.2, 0.25) is 5.91 Å². The van der Waals surface area contributed by atoms with Crippen LogP contribution in [-0.4, -0.2) is 84.7 Å². The molecule has 0 unspecified atom stereocenters. The van der Waals surface area contributed by atoms with Crippen LogP contribution in [0.25, 0.3) is 0 Å². The van der Waals surface area contributed by atoms with Crippen LogP contribution in [0.4, 0.5) is 0 Å². The van der Waals surface area contributed by atoms with Crippen molar-refractivity contribution in [3.63, 3.8) is 0 Å². The Morgan fingerprint density at radius 1 is 0.750 bits per heavy atom. The Labute approximate surface area is 173 Å². The third kappa shape index (κ3) is 9.44. The van der Waals surface area contributed by atoms with Crippen molar-refractivity contribution in [1.29, 1.82) is 0 Å². The maximum Gasteiger partial charge on any atom is 0.500 e. The van der Waals surface area contributed by atoms with Crippen LogP contribution in [0.5, 0.6) is 0 Å². The summed E-state index contributed by atoms with van der Waals surface area (Å²) in [5.41, 5.74) is 0. The summed E-state index contributed by atoms with van der Waals surface area (Å²) < 4.78 is 33.1. The van der Waals surface area contributed by atoms with E-state index in [2.05, 4.69) is 0 Å². The van der Waals surface area contributed by atoms with Crippen LogP contribution in [0.3, 0.4) is 0 Å². The SMILES string of the molecule is CO[Si](CCCC(CCC[Si](OC)(OC)OC)CCN(C)C(C)=O)(OC)OC. The second-order valence-corrected chi connectivity index (χ2v) is 13.2. The molecule has 8 nitrogen and oxygen atoms in total. The van der Waals surface area contributed by atoms with Gasteiger partial charge >= 0.3 is 17.6 Å². The summed E-state index contributed by atoms with van der Waals surface area (Å²) in [5.74, 6) is 0.573. The summed E-state index contributed by atoms with van der Waals surface area (Å²) in [6, 6.07) is 1.56. The van der Waals surface area contributed by atoms with Gasteiger partial charge in [-0.3, -0.25) is 4.79 Å². The standard InChI is InChI=1S/C18H41NO7Si2/c1-17(20)19(2)14-13-18(11-9-15-27(21-3,22-4)23-5)12-10-16-28(24-6,25-7)26-8/h18H,9-16H2,1-8H3. The quantitative estimate of drug-likeness (QED) is 0.323. The molecule has 0 fully saturated rings. The van der Waals surface area contributed by atoms with E-state index < -0.39 is 17.6 Å². The maximum absolute atomic E-state index is 11.5. The molecule has 10 heteroatoms. The molecule has 0 spiro atoms. The van der Waals surface area contributed by atoms with E-state index in [0.717, 1.165) is 50.7 Å². The first kappa shape index (κ1) is 27.7. The Morgan fingerprint density at radius 3 is 1.39 bits per heavy atom. The molecule has 0 aromatic heterocycles. The van der Waals surface area contributed by atoms with Crippen LogP contribution in [0, 0.1) is 5.92 Å². The zero-order valence-electron chi connectivity index (χ0n) is 19.0. The summed E-state index contributed by atoms with van der Waals surface area (Å²) in [5, 5.41) is 0. The van der Waals surface area contributed by atoms with Gasteiger partial charge in [-0.05, 0) is 25.2 Å². The number of hydrogen-bond acceptors (Lipinski definition) is 7. The van der Waals surface area contributed by atoms with Crippen molar-refractivity contribution in [2.45, 2.75) is 51.1 Å². The Balaban J connectivity index is 4.75. The van der Waals surface area contributed by atoms with Crippen LogP contribution in [0.15, 0.2) is 0 Å². The Bertz CT molecular complexity index is 378. The molecular weight excluding hydrogens is 398 g/mol. The highest BCUT2D eigenvalue weighted by Crippen LogP contribution is 2.26. The monoisotopic (exact) mass is 439 g/mol. The van der Waals surface area contributed by atoms with Gasteiger partial charge in [0, 0.05) is 75.3 Å². The molecule has 0 heterocycles. The minimum Gasteiger partial charge on any atom is -0.377 e. The molecule has 0 saturated heterocycles. The Morgan fingerprint density at radius 2 is 1.11 bits per heavy atom. The van der Waals surface area contributed by atoms with Crippen molar-refractivity contribution in [3.05, 3.63) is 0 Å². The normalized spacial score (nSPS) is 12.6. The predicted molar refractivity (Wildman–Crippen MR) is 113 cm³/mol. The lowest BCUT2D eigenvalue weighted by molar-refractivity contribution is -0.127. The molecule has 0 N–H and O–H groups in total. The number of rotatable bonds is 17. The molecule has 0 aromatic rings. The lowest BCUT2D eigenvalue weighted by Crippen LogP contribution is -2.42. The maximum atomic E-state index is 11.5. The average Bonchev–Trinajstić information content (AvgIpc) is 2.72. The molecule has 0 radical (unpaired) electrons. The van der Waals surface area contributed by atoms with Gasteiger partial charge in [-0.15, -0.1) is 0 Å². The summed E-state index contributed by atoms with van der Waals surface area (Å²) in [6.45, 7) is 2.35. The minimum absolute atomic E-state index is 0.0906. The third-order valence-electron chi connectivity index (χ3n) is 5.47. The van der Waals surface area contributed by atoms with Crippen molar-refractivity contribution in [1.82, 2.24) is 4.90 Å². The molecule has 0 aliphatic heterocycles. The van der Waals surface area contributed by atoms with Gasteiger partial charge in [-0.1, -0.05) is 12.8 Å². The van der Waals surface area contributed by atoms with E-state index in [1.165, 1.54) is 0 Å². The molecule has 168 valence electrons. The van der Waals surface area contributed by atoms with Crippen LogP contribution in [-0.2, 0) is 31.4 Å². The lowest BCUT2D eigenvalue weighted by Gasteiger charge is -2.27. The number of amides is 1. The first-order valence-corrected chi connectivity index (χ1v) is 13.7. The molecular formula is C18H41NO7Si2. The minimum atomic E-state index is -2.54. The fraction of sp³-hybridized carbons (Fsp3) is 0.944. The van der Waals surface area contributed by atoms with Crippen molar-refractivity contribution in [2.24, 2.45) is 5.92 Å².